The maximum absolute atomic E-state index is 13.0. The monoisotopic (exact) mass is 354 g/mol. The number of aromatic nitrogens is 2. The number of rotatable bonds is 2. The van der Waals surface area contributed by atoms with E-state index in [4.69, 9.17) is 17.3 Å². The minimum atomic E-state index is -0.0940. The highest BCUT2D eigenvalue weighted by atomic mass is 35.5. The second-order valence-corrected chi connectivity index (χ2v) is 6.91. The van der Waals surface area contributed by atoms with Gasteiger partial charge in [-0.2, -0.15) is 0 Å². The third-order valence-corrected chi connectivity index (χ3v) is 5.18. The van der Waals surface area contributed by atoms with E-state index in [-0.39, 0.29) is 17.9 Å². The zero-order valence-corrected chi connectivity index (χ0v) is 14.4. The van der Waals surface area contributed by atoms with Gasteiger partial charge in [-0.05, 0) is 36.2 Å². The molecule has 1 aromatic carbocycles. The van der Waals surface area contributed by atoms with Crippen LogP contribution in [0, 0.1) is 0 Å². The molecule has 4 rings (SSSR count). The van der Waals surface area contributed by atoms with E-state index in [0.717, 1.165) is 17.0 Å². The van der Waals surface area contributed by atoms with Crippen LogP contribution in [0.15, 0.2) is 55.1 Å². The number of pyridine rings is 1. The minimum absolute atomic E-state index is 0.0103. The number of fused-ring (bicyclic) bond motifs is 1. The highest BCUT2D eigenvalue weighted by Gasteiger charge is 2.31. The Hall–Kier alpha value is -2.37. The van der Waals surface area contributed by atoms with Gasteiger partial charge in [0.05, 0.1) is 23.6 Å². The van der Waals surface area contributed by atoms with Crippen LogP contribution in [-0.4, -0.2) is 39.3 Å². The zero-order chi connectivity index (χ0) is 17.4. The molecule has 0 unspecified atom stereocenters. The first kappa shape index (κ1) is 16.1. The van der Waals surface area contributed by atoms with Crippen molar-refractivity contribution >= 4 is 23.0 Å². The van der Waals surface area contributed by atoms with Crippen LogP contribution < -0.4 is 5.73 Å². The Kier molecular flexibility index (Phi) is 4.19. The van der Waals surface area contributed by atoms with E-state index >= 15 is 0 Å². The predicted molar refractivity (Wildman–Crippen MR) is 97.9 cm³/mol. The third kappa shape index (κ3) is 3.01. The lowest BCUT2D eigenvalue weighted by molar-refractivity contribution is 0.0695. The van der Waals surface area contributed by atoms with Gasteiger partial charge in [-0.25, -0.2) is 4.98 Å². The third-order valence-electron chi connectivity index (χ3n) is 4.93. The molecular formula is C19H19ClN4O. The van der Waals surface area contributed by atoms with Crippen molar-refractivity contribution in [3.05, 3.63) is 71.3 Å². The number of hydrogen-bond donors (Lipinski definition) is 1. The fraction of sp³-hybridized carbons (Fsp3) is 0.263. The molecule has 0 bridgehead atoms. The topological polar surface area (TPSA) is 63.6 Å². The molecular weight excluding hydrogens is 336 g/mol. The Morgan fingerprint density at radius 3 is 2.80 bits per heavy atom. The molecule has 2 atom stereocenters. The van der Waals surface area contributed by atoms with Crippen LogP contribution in [0.2, 0.25) is 5.02 Å². The number of likely N-dealkylation sites (tertiary alicyclic amines) is 1. The predicted octanol–water partition coefficient (Wildman–Crippen LogP) is 2.94. The summed E-state index contributed by atoms with van der Waals surface area (Å²) in [7, 11) is 0. The molecule has 0 saturated carbocycles. The van der Waals surface area contributed by atoms with Gasteiger partial charge in [0.2, 0.25) is 0 Å². The highest BCUT2D eigenvalue weighted by molar-refractivity contribution is 6.30. The quantitative estimate of drug-likeness (QED) is 0.769. The Morgan fingerprint density at radius 1 is 1.24 bits per heavy atom. The molecule has 0 aliphatic carbocycles. The molecule has 0 spiro atoms. The molecule has 3 aromatic rings. The molecule has 2 aromatic heterocycles. The smallest absolute Gasteiger partial charge is 0.256 e. The van der Waals surface area contributed by atoms with Crippen molar-refractivity contribution in [1.29, 1.82) is 0 Å². The summed E-state index contributed by atoms with van der Waals surface area (Å²) in [5, 5.41) is 0.721. The molecule has 3 heterocycles. The molecule has 25 heavy (non-hydrogen) atoms. The minimum Gasteiger partial charge on any atom is -0.337 e. The first-order valence-electron chi connectivity index (χ1n) is 8.34. The van der Waals surface area contributed by atoms with E-state index in [9.17, 15) is 4.79 Å². The maximum atomic E-state index is 13.0. The van der Waals surface area contributed by atoms with Gasteiger partial charge in [-0.1, -0.05) is 23.7 Å². The zero-order valence-electron chi connectivity index (χ0n) is 13.7. The van der Waals surface area contributed by atoms with Crippen molar-refractivity contribution in [1.82, 2.24) is 14.3 Å². The number of carbonyl (C=O) groups excluding carboxylic acids is 1. The molecule has 1 aliphatic heterocycles. The molecule has 6 heteroatoms. The molecule has 1 fully saturated rings. The summed E-state index contributed by atoms with van der Waals surface area (Å²) in [6.45, 7) is 1.23. The number of benzene rings is 1. The molecule has 1 saturated heterocycles. The van der Waals surface area contributed by atoms with Crippen LogP contribution in [0.25, 0.3) is 5.52 Å². The van der Waals surface area contributed by atoms with E-state index in [1.54, 1.807) is 12.5 Å². The first-order valence-corrected chi connectivity index (χ1v) is 8.72. The van der Waals surface area contributed by atoms with E-state index in [1.807, 2.05) is 51.9 Å². The maximum Gasteiger partial charge on any atom is 0.256 e. The Balaban J connectivity index is 1.53. The number of nitrogens with two attached hydrogens (primary N) is 1. The fourth-order valence-electron chi connectivity index (χ4n) is 3.59. The number of carbonyl (C=O) groups is 1. The first-order chi connectivity index (χ1) is 12.1. The van der Waals surface area contributed by atoms with E-state index in [1.165, 1.54) is 5.56 Å². The Bertz CT molecular complexity index is 905. The van der Waals surface area contributed by atoms with Crippen molar-refractivity contribution in [2.45, 2.75) is 18.4 Å². The Labute approximate surface area is 151 Å². The largest absolute Gasteiger partial charge is 0.337 e. The number of hydrogen-bond acceptors (Lipinski definition) is 3. The van der Waals surface area contributed by atoms with Crippen LogP contribution >= 0.6 is 11.6 Å². The summed E-state index contributed by atoms with van der Waals surface area (Å²) in [5.74, 6) is 0.253. The molecule has 0 radical (unpaired) electrons. The van der Waals surface area contributed by atoms with Crippen molar-refractivity contribution < 1.29 is 4.79 Å². The van der Waals surface area contributed by atoms with Gasteiger partial charge in [-0.15, -0.1) is 0 Å². The lowest BCUT2D eigenvalue weighted by Gasteiger charge is -2.37. The average molecular weight is 355 g/mol. The van der Waals surface area contributed by atoms with Crippen LogP contribution in [0.5, 0.6) is 0 Å². The van der Waals surface area contributed by atoms with Crippen molar-refractivity contribution in [3.8, 4) is 0 Å². The second-order valence-electron chi connectivity index (χ2n) is 6.47. The van der Waals surface area contributed by atoms with Gasteiger partial charge in [0.15, 0.2) is 0 Å². The normalized spacial score (nSPS) is 20.8. The summed E-state index contributed by atoms with van der Waals surface area (Å²) in [5.41, 5.74) is 9.07. The van der Waals surface area contributed by atoms with Gasteiger partial charge in [-0.3, -0.25) is 4.79 Å². The second kappa shape index (κ2) is 6.50. The summed E-state index contributed by atoms with van der Waals surface area (Å²) in [6.07, 6.45) is 6.15. The Morgan fingerprint density at radius 2 is 2.04 bits per heavy atom. The van der Waals surface area contributed by atoms with Crippen molar-refractivity contribution in [2.75, 3.05) is 13.1 Å². The van der Waals surface area contributed by atoms with Gasteiger partial charge in [0.25, 0.3) is 5.91 Å². The summed E-state index contributed by atoms with van der Waals surface area (Å²) < 4.78 is 1.85. The van der Waals surface area contributed by atoms with Gasteiger partial charge >= 0.3 is 0 Å². The lowest BCUT2D eigenvalue weighted by atomic mass is 9.85. The van der Waals surface area contributed by atoms with Gasteiger partial charge < -0.3 is 15.0 Å². The summed E-state index contributed by atoms with van der Waals surface area (Å²) >= 11 is 5.97. The number of halogens is 1. The number of amides is 1. The van der Waals surface area contributed by atoms with Crippen LogP contribution in [0.3, 0.4) is 0 Å². The summed E-state index contributed by atoms with van der Waals surface area (Å²) in [6, 6.07) is 11.4. The lowest BCUT2D eigenvalue weighted by Crippen LogP contribution is -2.49. The van der Waals surface area contributed by atoms with Crippen LogP contribution in [-0.2, 0) is 0 Å². The van der Waals surface area contributed by atoms with Crippen molar-refractivity contribution in [3.63, 3.8) is 0 Å². The molecule has 1 amide bonds. The molecule has 5 nitrogen and oxygen atoms in total. The molecule has 128 valence electrons. The fourth-order valence-corrected chi connectivity index (χ4v) is 3.72. The SMILES string of the molecule is N[C@@H]1CN(C(=O)c2cccn3cncc23)CC[C@H]1c1ccc(Cl)cc1. The number of imidazole rings is 1. The van der Waals surface area contributed by atoms with Crippen molar-refractivity contribution in [2.24, 2.45) is 5.73 Å². The summed E-state index contributed by atoms with van der Waals surface area (Å²) in [4.78, 5) is 18.9. The molecule has 2 N–H and O–H groups in total. The number of piperidine rings is 1. The van der Waals surface area contributed by atoms with E-state index in [0.29, 0.717) is 18.7 Å². The van der Waals surface area contributed by atoms with Gasteiger partial charge in [0, 0.05) is 36.3 Å². The molecule has 1 aliphatic rings. The number of nitrogens with zero attached hydrogens (tertiary/aromatic N) is 3. The van der Waals surface area contributed by atoms with Crippen LogP contribution in [0.4, 0.5) is 0 Å². The van der Waals surface area contributed by atoms with Gasteiger partial charge in [0.1, 0.15) is 0 Å². The van der Waals surface area contributed by atoms with E-state index in [2.05, 4.69) is 4.98 Å². The van der Waals surface area contributed by atoms with Crippen LogP contribution in [0.1, 0.15) is 28.3 Å². The average Bonchev–Trinajstić information content (AvgIpc) is 3.11. The standard InChI is InChI=1S/C19H19ClN4O/c20-14-5-3-13(4-6-14)15-7-9-23(11-17(15)21)19(25)16-2-1-8-24-12-22-10-18(16)24/h1-6,8,10,12,15,17H,7,9,11,21H2/t15-,17+/m0/s1. The van der Waals surface area contributed by atoms with E-state index < -0.39 is 0 Å². The highest BCUT2D eigenvalue weighted by Crippen LogP contribution is 2.29.